The average molecular weight is 559 g/mol. The Balaban J connectivity index is 1.94. The third-order valence-electron chi connectivity index (χ3n) is 8.89. The number of hydrogen-bond acceptors (Lipinski definition) is 6. The quantitative estimate of drug-likeness (QED) is 0.307. The maximum Gasteiger partial charge on any atom is 0.185 e. The molecule has 16 heteroatoms. The van der Waals surface area contributed by atoms with E-state index >= 15 is 0 Å². The molecule has 36 heavy (non-hydrogen) atoms. The topological polar surface area (TPSA) is 55.5 Å². The molecule has 0 spiro atoms. The molecule has 0 N–H and O–H groups in total. The van der Waals surface area contributed by atoms with Crippen molar-refractivity contribution < 1.29 is 4.74 Å². The summed E-state index contributed by atoms with van der Waals surface area (Å²) in [7, 11) is 17.8. The van der Waals surface area contributed by atoms with Crippen molar-refractivity contribution >= 4 is 101 Å². The number of aromatic nitrogens is 4. The Hall–Kier alpha value is -0.991. The van der Waals surface area contributed by atoms with Gasteiger partial charge in [0.25, 0.3) is 0 Å². The van der Waals surface area contributed by atoms with Crippen molar-refractivity contribution in [3.63, 3.8) is 0 Å². The van der Waals surface area contributed by atoms with Crippen LogP contribution in [0.3, 0.4) is 0 Å². The lowest BCUT2D eigenvalue weighted by Gasteiger charge is -2.68. The van der Waals surface area contributed by atoms with Crippen molar-refractivity contribution in [3.05, 3.63) is 27.8 Å². The van der Waals surface area contributed by atoms with Crippen molar-refractivity contribution in [2.24, 2.45) is 0 Å². The lowest BCUT2D eigenvalue weighted by molar-refractivity contribution is -0.0253. The first kappa shape index (κ1) is 28.0. The van der Waals surface area contributed by atoms with Crippen LogP contribution < -0.4 is 4.90 Å². The van der Waals surface area contributed by atoms with E-state index in [9.17, 15) is 0 Å². The lowest BCUT2D eigenvalue weighted by Crippen LogP contribution is -2.86. The van der Waals surface area contributed by atoms with Gasteiger partial charge in [-0.1, -0.05) is 25.2 Å². The summed E-state index contributed by atoms with van der Waals surface area (Å²) in [4.78, 5) is 13.6. The molecule has 0 amide bonds. The van der Waals surface area contributed by atoms with Gasteiger partial charge in [-0.15, -0.1) is 0 Å². The Kier molecular flexibility index (Phi) is 7.04. The smallest absolute Gasteiger partial charge is 0.185 e. The second-order valence-electron chi connectivity index (χ2n) is 12.2. The van der Waals surface area contributed by atoms with Crippen LogP contribution in [-0.4, -0.2) is 104 Å². The number of thiazole rings is 1. The Morgan fingerprint density at radius 3 is 2.06 bits per heavy atom. The molecule has 6 nitrogen and oxygen atoms in total. The molecule has 0 atom stereocenters. The number of hydrogen-bond donors (Lipinski definition) is 0. The molecular formula is C20H34B8BrN5OS. The van der Waals surface area contributed by atoms with Crippen molar-refractivity contribution in [3.8, 4) is 10.4 Å². The molecule has 1 aliphatic rings. The highest BCUT2D eigenvalue weighted by Crippen LogP contribution is 2.48. The third-order valence-corrected chi connectivity index (χ3v) is 10.8. The average Bonchev–Trinajstić information content (AvgIpc) is 3.25. The summed E-state index contributed by atoms with van der Waals surface area (Å²) < 4.78 is 9.60. The van der Waals surface area contributed by atoms with Crippen LogP contribution >= 0.6 is 27.3 Å². The zero-order valence-electron chi connectivity index (χ0n) is 24.0. The molecule has 0 unspecified atom stereocenters. The lowest BCUT2D eigenvalue weighted by atomic mass is 9.30. The van der Waals surface area contributed by atoms with E-state index in [1.165, 1.54) is 5.69 Å². The van der Waals surface area contributed by atoms with Gasteiger partial charge in [-0.3, -0.25) is 0 Å². The van der Waals surface area contributed by atoms with Gasteiger partial charge in [-0.05, 0) is 59.4 Å². The van der Waals surface area contributed by atoms with Crippen LogP contribution in [0, 0.1) is 13.8 Å². The predicted molar refractivity (Wildman–Crippen MR) is 177 cm³/mol. The van der Waals surface area contributed by atoms with E-state index in [1.54, 1.807) is 11.3 Å². The largest absolute Gasteiger partial charge is 0.402 e. The molecule has 1 saturated heterocycles. The van der Waals surface area contributed by atoms with E-state index in [4.69, 9.17) is 19.8 Å². The maximum atomic E-state index is 6.70. The van der Waals surface area contributed by atoms with Gasteiger partial charge in [0.15, 0.2) is 10.8 Å². The summed E-state index contributed by atoms with van der Waals surface area (Å²) in [6.07, 6.45) is 2.15. The number of anilines is 1. The first-order valence-corrected chi connectivity index (χ1v) is 14.6. The molecule has 4 heterocycles. The van der Waals surface area contributed by atoms with E-state index in [1.807, 2.05) is 0 Å². The van der Waals surface area contributed by atoms with E-state index < -0.39 is 0 Å². The highest BCUT2D eigenvalue weighted by atomic mass is 79.9. The van der Waals surface area contributed by atoms with Gasteiger partial charge in [0.05, 0.1) is 16.1 Å². The van der Waals surface area contributed by atoms with Crippen LogP contribution in [0.25, 0.3) is 16.1 Å². The summed E-state index contributed by atoms with van der Waals surface area (Å²) >= 11 is 5.54. The first-order chi connectivity index (χ1) is 16.5. The Morgan fingerprint density at radius 1 is 0.972 bits per heavy atom. The van der Waals surface area contributed by atoms with Crippen LogP contribution in [0.4, 0.5) is 5.13 Å². The normalized spacial score (nSPS) is 20.2. The second kappa shape index (κ2) is 9.04. The number of nitrogens with zero attached hydrogens (tertiary/aromatic N) is 5. The van der Waals surface area contributed by atoms with Crippen LogP contribution in [0.5, 0.6) is 0 Å². The number of morpholine rings is 1. The van der Waals surface area contributed by atoms with Gasteiger partial charge in [0, 0.05) is 28.1 Å². The maximum absolute atomic E-state index is 6.70. The molecule has 1 aliphatic heterocycles. The fourth-order valence-corrected chi connectivity index (χ4v) is 7.74. The molecule has 182 valence electrons. The van der Waals surface area contributed by atoms with Crippen molar-refractivity contribution in [2.45, 2.75) is 67.9 Å². The molecular weight excluding hydrogens is 525 g/mol. The van der Waals surface area contributed by atoms with E-state index in [2.05, 4.69) is 122 Å². The van der Waals surface area contributed by atoms with Crippen molar-refractivity contribution in [2.75, 3.05) is 4.90 Å². The molecule has 0 saturated carbocycles. The Bertz CT molecular complexity index is 1300. The molecule has 3 aromatic rings. The molecule has 4 rings (SSSR count). The number of aryl methyl sites for hydroxylation is 2. The third kappa shape index (κ3) is 4.08. The van der Waals surface area contributed by atoms with E-state index in [0.29, 0.717) is 5.92 Å². The summed E-state index contributed by atoms with van der Waals surface area (Å²) in [5.74, 6) is 0.446. The first-order valence-electron chi connectivity index (χ1n) is 13.0. The zero-order chi connectivity index (χ0) is 27.0. The van der Waals surface area contributed by atoms with Crippen LogP contribution in [0.1, 0.15) is 49.7 Å². The molecule has 0 radical (unpaired) electrons. The number of ether oxygens (including phenoxy) is 1. The predicted octanol–water partition coefficient (Wildman–Crippen LogP) is -3.35. The van der Waals surface area contributed by atoms with Gasteiger partial charge in [-0.2, -0.15) is 5.10 Å². The van der Waals surface area contributed by atoms with Gasteiger partial charge < -0.3 is 9.64 Å². The fraction of sp³-hybridized carbons (Fsp3) is 0.550. The highest BCUT2D eigenvalue weighted by molar-refractivity contribution is 9.10. The summed E-state index contributed by atoms with van der Waals surface area (Å²) in [5, 5.41) is 4.61. The zero-order valence-corrected chi connectivity index (χ0v) is 26.4. The summed E-state index contributed by atoms with van der Waals surface area (Å²) in [6, 6.07) is 2.19. The minimum atomic E-state index is -0.381. The molecule has 1 fully saturated rings. The fourth-order valence-electron chi connectivity index (χ4n) is 5.68. The van der Waals surface area contributed by atoms with Gasteiger partial charge in [0.1, 0.15) is 67.4 Å². The van der Waals surface area contributed by atoms with Crippen molar-refractivity contribution in [1.29, 1.82) is 0 Å². The molecule has 0 aromatic carbocycles. The van der Waals surface area contributed by atoms with Crippen LogP contribution in [-0.2, 0) is 4.74 Å². The van der Waals surface area contributed by atoms with Crippen LogP contribution in [0.2, 0.25) is 0 Å². The van der Waals surface area contributed by atoms with Gasteiger partial charge >= 0.3 is 0 Å². The standard InChI is InChI=1S/C20H34B8BrN5OS/c1-5-10(6-2)11-7-8(3)30-15-12(9(4)32-33(11)15)13-14(29)31-16(36-13)34-17(21,22)19(25,26)35-20(27,28)18(34,23)24/h7,10H,5-6,21-28H2,1-4H3. The number of fused-ring (bicyclic) bond motifs is 1. The van der Waals surface area contributed by atoms with E-state index in [-0.39, 0.29) is 21.5 Å². The number of rotatable bonds is 5. The molecule has 0 aliphatic carbocycles. The minimum absolute atomic E-state index is 0.297. The molecule has 0 bridgehead atoms. The van der Waals surface area contributed by atoms with Gasteiger partial charge in [0.2, 0.25) is 0 Å². The monoisotopic (exact) mass is 559 g/mol. The van der Waals surface area contributed by atoms with Crippen LogP contribution in [0.15, 0.2) is 10.7 Å². The minimum Gasteiger partial charge on any atom is -0.402 e. The summed E-state index contributed by atoms with van der Waals surface area (Å²) in [6.45, 7) is 8.65. The molecule has 3 aromatic heterocycles. The highest BCUT2D eigenvalue weighted by Gasteiger charge is 2.59. The SMILES string of the molecule is BC1(B)OC(B)(B)C(B)(B)N(c2nc(Br)c(-c3c(C)nn4c(C(CC)CC)cc(C)nc34)s2)C1(B)B. The van der Waals surface area contributed by atoms with E-state index in [0.717, 1.165) is 50.1 Å². The number of halogens is 1. The van der Waals surface area contributed by atoms with Crippen molar-refractivity contribution in [1.82, 2.24) is 19.6 Å². The Morgan fingerprint density at radius 2 is 1.53 bits per heavy atom. The second-order valence-corrected chi connectivity index (χ2v) is 14.0. The Labute approximate surface area is 235 Å². The summed E-state index contributed by atoms with van der Waals surface area (Å²) in [5.41, 5.74) is 5.19. The van der Waals surface area contributed by atoms with Gasteiger partial charge in [-0.25, -0.2) is 14.5 Å².